The number of thioether (sulfide) groups is 1. The molecule has 0 aliphatic carbocycles. The second kappa shape index (κ2) is 7.01. The summed E-state index contributed by atoms with van der Waals surface area (Å²) in [6.07, 6.45) is 2.81. The summed E-state index contributed by atoms with van der Waals surface area (Å²) in [6.45, 7) is 0. The van der Waals surface area contributed by atoms with E-state index in [1.165, 1.54) is 24.0 Å². The van der Waals surface area contributed by atoms with Crippen LogP contribution in [0.1, 0.15) is 5.56 Å². The Labute approximate surface area is 140 Å². The molecule has 0 saturated carbocycles. The molecule has 120 valence electrons. The van der Waals surface area contributed by atoms with Gasteiger partial charge in [-0.15, -0.1) is 5.10 Å². The molecule has 1 saturated heterocycles. The third kappa shape index (κ3) is 3.82. The SMILES string of the molecule is O=C1CSC(=NN=Cc2ccc(-c3ccc([N+](=O)[O-])cn3)cc2)N1. The van der Waals surface area contributed by atoms with Crippen molar-refractivity contribution in [3.8, 4) is 11.3 Å². The summed E-state index contributed by atoms with van der Waals surface area (Å²) in [5, 5.41) is 21.5. The van der Waals surface area contributed by atoms with Gasteiger partial charge in [0.15, 0.2) is 5.17 Å². The van der Waals surface area contributed by atoms with Crippen LogP contribution in [0.5, 0.6) is 0 Å². The fourth-order valence-electron chi connectivity index (χ4n) is 1.93. The van der Waals surface area contributed by atoms with Gasteiger partial charge in [-0.2, -0.15) is 5.10 Å². The molecule has 0 spiro atoms. The van der Waals surface area contributed by atoms with Gasteiger partial charge in [-0.3, -0.25) is 14.9 Å². The van der Waals surface area contributed by atoms with E-state index in [0.717, 1.165) is 11.1 Å². The normalized spacial score (nSPS) is 15.8. The number of amidine groups is 1. The van der Waals surface area contributed by atoms with Crippen molar-refractivity contribution >= 4 is 34.7 Å². The van der Waals surface area contributed by atoms with Crippen molar-refractivity contribution in [1.82, 2.24) is 10.3 Å². The summed E-state index contributed by atoms with van der Waals surface area (Å²) < 4.78 is 0. The molecule has 2 heterocycles. The van der Waals surface area contributed by atoms with Crippen LogP contribution in [0.25, 0.3) is 11.3 Å². The minimum absolute atomic E-state index is 0.0431. The van der Waals surface area contributed by atoms with Crippen LogP contribution in [0.15, 0.2) is 52.8 Å². The van der Waals surface area contributed by atoms with Gasteiger partial charge in [0.1, 0.15) is 6.20 Å². The first-order valence-corrected chi connectivity index (χ1v) is 7.85. The lowest BCUT2D eigenvalue weighted by Crippen LogP contribution is -2.19. The van der Waals surface area contributed by atoms with E-state index in [9.17, 15) is 14.9 Å². The molecule has 3 rings (SSSR count). The largest absolute Gasteiger partial charge is 0.303 e. The Kier molecular flexibility index (Phi) is 4.62. The zero-order valence-electron chi connectivity index (χ0n) is 12.2. The number of rotatable bonds is 4. The molecule has 1 aliphatic rings. The Hall–Kier alpha value is -3.07. The third-order valence-electron chi connectivity index (χ3n) is 3.11. The first-order valence-electron chi connectivity index (χ1n) is 6.86. The zero-order chi connectivity index (χ0) is 16.9. The van der Waals surface area contributed by atoms with E-state index in [2.05, 4.69) is 20.5 Å². The molecular formula is C15H11N5O3S. The fourth-order valence-corrected chi connectivity index (χ4v) is 2.56. The van der Waals surface area contributed by atoms with Crippen LogP contribution in [0, 0.1) is 10.1 Å². The second-order valence-electron chi connectivity index (χ2n) is 4.77. The van der Waals surface area contributed by atoms with Crippen LogP contribution in [0.4, 0.5) is 5.69 Å². The first-order chi connectivity index (χ1) is 11.6. The predicted molar refractivity (Wildman–Crippen MR) is 92.0 cm³/mol. The molecule has 1 N–H and O–H groups in total. The molecule has 0 bridgehead atoms. The molecule has 0 unspecified atom stereocenters. The van der Waals surface area contributed by atoms with Gasteiger partial charge >= 0.3 is 0 Å². The number of carbonyl (C=O) groups is 1. The molecule has 0 radical (unpaired) electrons. The summed E-state index contributed by atoms with van der Waals surface area (Å²) >= 11 is 1.31. The monoisotopic (exact) mass is 341 g/mol. The smallest absolute Gasteiger partial charge is 0.287 e. The standard InChI is InChI=1S/C15H11N5O3S/c21-14-9-24-15(18-14)19-17-7-10-1-3-11(4-2-10)13-6-5-12(8-16-13)20(22)23/h1-8H,9H2,(H,18,19,21). The maximum Gasteiger partial charge on any atom is 0.287 e. The van der Waals surface area contributed by atoms with E-state index < -0.39 is 4.92 Å². The third-order valence-corrected chi connectivity index (χ3v) is 3.97. The number of nitro groups is 1. The van der Waals surface area contributed by atoms with E-state index in [1.54, 1.807) is 12.3 Å². The van der Waals surface area contributed by atoms with E-state index in [-0.39, 0.29) is 11.6 Å². The number of aromatic nitrogens is 1. The van der Waals surface area contributed by atoms with Gasteiger partial charge in [-0.05, 0) is 11.6 Å². The number of benzene rings is 1. The molecule has 1 fully saturated rings. The maximum atomic E-state index is 11.0. The highest BCUT2D eigenvalue weighted by molar-refractivity contribution is 8.15. The highest BCUT2D eigenvalue weighted by Gasteiger charge is 2.15. The molecule has 1 aromatic carbocycles. The number of nitrogens with one attached hydrogen (secondary N) is 1. The number of carbonyl (C=O) groups excluding carboxylic acids is 1. The van der Waals surface area contributed by atoms with Crippen molar-refractivity contribution in [2.45, 2.75) is 0 Å². The number of nitrogens with zero attached hydrogens (tertiary/aromatic N) is 4. The second-order valence-corrected chi connectivity index (χ2v) is 5.73. The van der Waals surface area contributed by atoms with Gasteiger partial charge in [0.25, 0.3) is 5.69 Å². The summed E-state index contributed by atoms with van der Waals surface area (Å²) in [6, 6.07) is 10.4. The number of pyridine rings is 1. The number of hydrogen-bond donors (Lipinski definition) is 1. The van der Waals surface area contributed by atoms with Crippen molar-refractivity contribution in [2.24, 2.45) is 10.2 Å². The molecule has 9 heteroatoms. The Morgan fingerprint density at radius 2 is 2.04 bits per heavy atom. The average Bonchev–Trinajstić information content (AvgIpc) is 3.01. The minimum Gasteiger partial charge on any atom is -0.303 e. The number of amides is 1. The fraction of sp³-hybridized carbons (Fsp3) is 0.0667. The first kappa shape index (κ1) is 15.8. The quantitative estimate of drug-likeness (QED) is 0.521. The van der Waals surface area contributed by atoms with Crippen molar-refractivity contribution in [3.63, 3.8) is 0 Å². The van der Waals surface area contributed by atoms with Crippen molar-refractivity contribution < 1.29 is 9.72 Å². The summed E-state index contributed by atoms with van der Waals surface area (Å²) in [4.78, 5) is 25.2. The van der Waals surface area contributed by atoms with Crippen LogP contribution >= 0.6 is 11.8 Å². The molecule has 1 amide bonds. The van der Waals surface area contributed by atoms with E-state index in [4.69, 9.17) is 0 Å². The average molecular weight is 341 g/mol. The molecule has 0 atom stereocenters. The zero-order valence-corrected chi connectivity index (χ0v) is 13.1. The van der Waals surface area contributed by atoms with Crippen LogP contribution in [0.3, 0.4) is 0 Å². The summed E-state index contributed by atoms with van der Waals surface area (Å²) in [5.41, 5.74) is 2.28. The summed E-state index contributed by atoms with van der Waals surface area (Å²) in [7, 11) is 0. The van der Waals surface area contributed by atoms with Crippen molar-refractivity contribution in [2.75, 3.05) is 5.75 Å². The lowest BCUT2D eigenvalue weighted by molar-refractivity contribution is -0.385. The molecular weight excluding hydrogens is 330 g/mol. The molecule has 1 aliphatic heterocycles. The molecule has 2 aromatic rings. The molecule has 1 aromatic heterocycles. The summed E-state index contributed by atoms with van der Waals surface area (Å²) in [5.74, 6) is 0.291. The van der Waals surface area contributed by atoms with Crippen molar-refractivity contribution in [1.29, 1.82) is 0 Å². The topological polar surface area (TPSA) is 110 Å². The van der Waals surface area contributed by atoms with Crippen LogP contribution in [0.2, 0.25) is 0 Å². The molecule has 24 heavy (non-hydrogen) atoms. The van der Waals surface area contributed by atoms with Crippen LogP contribution in [-0.4, -0.2) is 32.9 Å². The Bertz CT molecular complexity index is 831. The van der Waals surface area contributed by atoms with E-state index in [0.29, 0.717) is 16.6 Å². The molecule has 8 nitrogen and oxygen atoms in total. The van der Waals surface area contributed by atoms with Gasteiger partial charge in [0.2, 0.25) is 5.91 Å². The minimum atomic E-state index is -0.483. The number of hydrogen-bond acceptors (Lipinski definition) is 7. The van der Waals surface area contributed by atoms with Crippen LogP contribution < -0.4 is 5.32 Å². The predicted octanol–water partition coefficient (Wildman–Crippen LogP) is 2.21. The lowest BCUT2D eigenvalue weighted by atomic mass is 10.1. The van der Waals surface area contributed by atoms with E-state index in [1.807, 2.05) is 24.3 Å². The van der Waals surface area contributed by atoms with Gasteiger partial charge < -0.3 is 5.32 Å². The Morgan fingerprint density at radius 1 is 1.25 bits per heavy atom. The van der Waals surface area contributed by atoms with E-state index >= 15 is 0 Å². The van der Waals surface area contributed by atoms with Gasteiger partial charge in [-0.1, -0.05) is 36.0 Å². The van der Waals surface area contributed by atoms with Crippen LogP contribution in [-0.2, 0) is 4.79 Å². The highest BCUT2D eigenvalue weighted by Crippen LogP contribution is 2.19. The van der Waals surface area contributed by atoms with Gasteiger partial charge in [-0.25, -0.2) is 4.98 Å². The Morgan fingerprint density at radius 3 is 2.62 bits per heavy atom. The maximum absolute atomic E-state index is 11.0. The highest BCUT2D eigenvalue weighted by atomic mass is 32.2. The van der Waals surface area contributed by atoms with Gasteiger partial charge in [0.05, 0.1) is 22.6 Å². The van der Waals surface area contributed by atoms with Crippen molar-refractivity contribution in [3.05, 3.63) is 58.3 Å². The lowest BCUT2D eigenvalue weighted by Gasteiger charge is -2.00. The van der Waals surface area contributed by atoms with Gasteiger partial charge in [0, 0.05) is 11.6 Å². The Balaban J connectivity index is 1.69.